The van der Waals surface area contributed by atoms with E-state index in [-0.39, 0.29) is 12.5 Å². The number of esters is 1. The minimum Gasteiger partial charge on any atom is -0.452 e. The molecule has 0 aliphatic rings. The quantitative estimate of drug-likeness (QED) is 0.676. The number of halogens is 1. The molecule has 0 amide bonds. The second-order valence-electron chi connectivity index (χ2n) is 4.80. The number of aromatic nitrogens is 3. The minimum absolute atomic E-state index is 0.142. The third-order valence-corrected chi connectivity index (χ3v) is 3.35. The molecule has 3 rings (SSSR count). The lowest BCUT2D eigenvalue weighted by molar-refractivity contribution is 0.0427. The highest BCUT2D eigenvalue weighted by Gasteiger charge is 2.20. The lowest BCUT2D eigenvalue weighted by atomic mass is 10.2. The molecule has 8 heteroatoms. The molecule has 0 saturated carbocycles. The van der Waals surface area contributed by atoms with E-state index in [0.717, 1.165) is 0 Å². The molecule has 0 bridgehead atoms. The molecule has 2 aromatic heterocycles. The summed E-state index contributed by atoms with van der Waals surface area (Å²) in [5.74, 6) is 0.400. The number of hydrogen-bond acceptors (Lipinski definition) is 7. The molecule has 0 N–H and O–H groups in total. The Kier molecular flexibility index (Phi) is 4.12. The van der Waals surface area contributed by atoms with Gasteiger partial charge in [-0.25, -0.2) is 4.79 Å². The summed E-state index contributed by atoms with van der Waals surface area (Å²) in [6.45, 7) is 3.16. The normalized spacial score (nSPS) is 10.7. The van der Waals surface area contributed by atoms with Crippen molar-refractivity contribution >= 4 is 17.6 Å². The molecule has 0 atom stereocenters. The first kappa shape index (κ1) is 15.2. The molecule has 0 radical (unpaired) electrons. The van der Waals surface area contributed by atoms with Gasteiger partial charge in [-0.15, -0.1) is 0 Å². The topological polar surface area (TPSA) is 91.2 Å². The van der Waals surface area contributed by atoms with Crippen LogP contribution in [0.1, 0.15) is 27.7 Å². The van der Waals surface area contributed by atoms with Gasteiger partial charge in [0.15, 0.2) is 6.61 Å². The molecule has 0 saturated heterocycles. The molecule has 7 nitrogen and oxygen atoms in total. The van der Waals surface area contributed by atoms with Crippen LogP contribution in [0.15, 0.2) is 33.3 Å². The average molecular weight is 334 g/mol. The fraction of sp³-hybridized carbons (Fsp3) is 0.200. The number of carbonyl (C=O) groups excluding carboxylic acids is 1. The SMILES string of the molecule is Cc1noc(C)c1C(=O)OCc1nc(-c2cccc(Cl)c2)no1. The van der Waals surface area contributed by atoms with Crippen LogP contribution in [0.4, 0.5) is 0 Å². The van der Waals surface area contributed by atoms with E-state index in [1.54, 1.807) is 38.1 Å². The van der Waals surface area contributed by atoms with Crippen LogP contribution < -0.4 is 0 Å². The Morgan fingerprint density at radius 3 is 2.78 bits per heavy atom. The predicted molar refractivity (Wildman–Crippen MR) is 79.8 cm³/mol. The van der Waals surface area contributed by atoms with Crippen molar-refractivity contribution in [2.24, 2.45) is 0 Å². The van der Waals surface area contributed by atoms with Gasteiger partial charge in [0, 0.05) is 10.6 Å². The third-order valence-electron chi connectivity index (χ3n) is 3.12. The molecular weight excluding hydrogens is 322 g/mol. The molecule has 0 fully saturated rings. The van der Waals surface area contributed by atoms with E-state index in [0.29, 0.717) is 33.4 Å². The summed E-state index contributed by atoms with van der Waals surface area (Å²) >= 11 is 5.92. The Morgan fingerprint density at radius 1 is 1.26 bits per heavy atom. The summed E-state index contributed by atoms with van der Waals surface area (Å²) in [4.78, 5) is 16.2. The third kappa shape index (κ3) is 3.24. The Hall–Kier alpha value is -2.67. The molecule has 0 aliphatic carbocycles. The molecule has 0 unspecified atom stereocenters. The zero-order valence-electron chi connectivity index (χ0n) is 12.4. The van der Waals surface area contributed by atoms with Gasteiger partial charge in [0.05, 0.1) is 5.69 Å². The fourth-order valence-corrected chi connectivity index (χ4v) is 2.22. The van der Waals surface area contributed by atoms with Crippen molar-refractivity contribution in [2.45, 2.75) is 20.5 Å². The van der Waals surface area contributed by atoms with Crippen molar-refractivity contribution in [1.29, 1.82) is 0 Å². The zero-order valence-corrected chi connectivity index (χ0v) is 13.1. The van der Waals surface area contributed by atoms with Gasteiger partial charge in [-0.05, 0) is 26.0 Å². The van der Waals surface area contributed by atoms with E-state index < -0.39 is 5.97 Å². The van der Waals surface area contributed by atoms with E-state index >= 15 is 0 Å². The summed E-state index contributed by atoms with van der Waals surface area (Å²) < 4.78 is 15.1. The predicted octanol–water partition coefficient (Wildman–Crippen LogP) is 3.35. The molecular formula is C15H12ClN3O4. The second kappa shape index (κ2) is 6.21. The minimum atomic E-state index is -0.552. The Labute approximate surface area is 136 Å². The Bertz CT molecular complexity index is 837. The number of rotatable bonds is 4. The van der Waals surface area contributed by atoms with Gasteiger partial charge >= 0.3 is 5.97 Å². The number of carbonyl (C=O) groups is 1. The summed E-state index contributed by atoms with van der Waals surface area (Å²) in [5.41, 5.74) is 1.49. The van der Waals surface area contributed by atoms with Crippen LogP contribution in [-0.4, -0.2) is 21.3 Å². The molecule has 2 heterocycles. The number of nitrogens with zero attached hydrogens (tertiary/aromatic N) is 3. The number of ether oxygens (including phenoxy) is 1. The first-order valence-electron chi connectivity index (χ1n) is 6.73. The Balaban J connectivity index is 1.69. The van der Waals surface area contributed by atoms with E-state index in [4.69, 9.17) is 25.4 Å². The maximum absolute atomic E-state index is 12.0. The van der Waals surface area contributed by atoms with Crippen LogP contribution in [0, 0.1) is 13.8 Å². The molecule has 23 heavy (non-hydrogen) atoms. The van der Waals surface area contributed by atoms with Crippen LogP contribution in [0.3, 0.4) is 0 Å². The smallest absolute Gasteiger partial charge is 0.344 e. The van der Waals surface area contributed by atoms with Gasteiger partial charge in [0.1, 0.15) is 11.3 Å². The fourth-order valence-electron chi connectivity index (χ4n) is 2.03. The van der Waals surface area contributed by atoms with Crippen LogP contribution >= 0.6 is 11.6 Å². The molecule has 0 aliphatic heterocycles. The van der Waals surface area contributed by atoms with Crippen LogP contribution in [0.2, 0.25) is 5.02 Å². The van der Waals surface area contributed by atoms with E-state index in [2.05, 4.69) is 15.3 Å². The van der Waals surface area contributed by atoms with Crippen molar-refractivity contribution in [3.63, 3.8) is 0 Å². The highest BCUT2D eigenvalue weighted by atomic mass is 35.5. The van der Waals surface area contributed by atoms with Crippen molar-refractivity contribution < 1.29 is 18.6 Å². The lowest BCUT2D eigenvalue weighted by Crippen LogP contribution is -2.07. The van der Waals surface area contributed by atoms with Crippen LogP contribution in [-0.2, 0) is 11.3 Å². The monoisotopic (exact) mass is 333 g/mol. The maximum Gasteiger partial charge on any atom is 0.344 e. The largest absolute Gasteiger partial charge is 0.452 e. The number of aryl methyl sites for hydroxylation is 2. The summed E-state index contributed by atoms with van der Waals surface area (Å²) in [6, 6.07) is 7.05. The van der Waals surface area contributed by atoms with Crippen LogP contribution in [0.25, 0.3) is 11.4 Å². The van der Waals surface area contributed by atoms with E-state index in [9.17, 15) is 4.79 Å². The Morgan fingerprint density at radius 2 is 2.09 bits per heavy atom. The van der Waals surface area contributed by atoms with Gasteiger partial charge in [0.25, 0.3) is 5.89 Å². The lowest BCUT2D eigenvalue weighted by Gasteiger charge is -2.00. The highest BCUT2D eigenvalue weighted by Crippen LogP contribution is 2.20. The van der Waals surface area contributed by atoms with Crippen molar-refractivity contribution in [2.75, 3.05) is 0 Å². The maximum atomic E-state index is 12.0. The van der Waals surface area contributed by atoms with Crippen molar-refractivity contribution in [1.82, 2.24) is 15.3 Å². The van der Waals surface area contributed by atoms with E-state index in [1.165, 1.54) is 0 Å². The number of hydrogen-bond donors (Lipinski definition) is 0. The standard InChI is InChI=1S/C15H12ClN3O4/c1-8-13(9(2)22-18-8)15(20)21-7-12-17-14(19-23-12)10-4-3-5-11(16)6-10/h3-6H,7H2,1-2H3. The van der Waals surface area contributed by atoms with Gasteiger partial charge in [0.2, 0.25) is 5.82 Å². The van der Waals surface area contributed by atoms with E-state index in [1.807, 2.05) is 0 Å². The highest BCUT2D eigenvalue weighted by molar-refractivity contribution is 6.30. The summed E-state index contributed by atoms with van der Waals surface area (Å²) in [5, 5.41) is 8.11. The first-order chi connectivity index (χ1) is 11.0. The molecule has 0 spiro atoms. The molecule has 1 aromatic carbocycles. The van der Waals surface area contributed by atoms with Gasteiger partial charge in [-0.1, -0.05) is 34.0 Å². The second-order valence-corrected chi connectivity index (χ2v) is 5.23. The molecule has 3 aromatic rings. The first-order valence-corrected chi connectivity index (χ1v) is 7.11. The average Bonchev–Trinajstić information content (AvgIpc) is 3.12. The zero-order chi connectivity index (χ0) is 16.4. The van der Waals surface area contributed by atoms with Crippen molar-refractivity contribution in [3.8, 4) is 11.4 Å². The van der Waals surface area contributed by atoms with Gasteiger partial charge in [-0.2, -0.15) is 4.98 Å². The molecule has 118 valence electrons. The van der Waals surface area contributed by atoms with Gasteiger partial charge in [-0.3, -0.25) is 0 Å². The van der Waals surface area contributed by atoms with Crippen molar-refractivity contribution in [3.05, 3.63) is 52.2 Å². The number of benzene rings is 1. The summed E-state index contributed by atoms with van der Waals surface area (Å²) in [7, 11) is 0. The summed E-state index contributed by atoms with van der Waals surface area (Å²) in [6.07, 6.45) is 0. The van der Waals surface area contributed by atoms with Gasteiger partial charge < -0.3 is 13.8 Å². The van der Waals surface area contributed by atoms with Crippen LogP contribution in [0.5, 0.6) is 0 Å².